The summed E-state index contributed by atoms with van der Waals surface area (Å²) < 4.78 is 5.83. The van der Waals surface area contributed by atoms with Gasteiger partial charge in [0.15, 0.2) is 5.58 Å². The lowest BCUT2D eigenvalue weighted by Crippen LogP contribution is -1.78. The van der Waals surface area contributed by atoms with E-state index in [4.69, 9.17) is 4.42 Å². The van der Waals surface area contributed by atoms with Crippen LogP contribution in [0.1, 0.15) is 11.1 Å². The first kappa shape index (κ1) is 10.1. The molecule has 0 atom stereocenters. The van der Waals surface area contributed by atoms with Gasteiger partial charge in [-0.15, -0.1) is 0 Å². The maximum Gasteiger partial charge on any atom is 0.227 e. The van der Waals surface area contributed by atoms with Gasteiger partial charge in [-0.2, -0.15) is 0 Å². The molecular formula is C15H13NO. The van der Waals surface area contributed by atoms with Crippen molar-refractivity contribution in [3.63, 3.8) is 0 Å². The highest BCUT2D eigenvalue weighted by Gasteiger charge is 2.09. The molecular weight excluding hydrogens is 210 g/mol. The molecule has 0 aliphatic heterocycles. The summed E-state index contributed by atoms with van der Waals surface area (Å²) >= 11 is 0. The predicted molar refractivity (Wildman–Crippen MR) is 68.9 cm³/mol. The molecule has 0 radical (unpaired) electrons. The topological polar surface area (TPSA) is 26.0 Å². The normalized spacial score (nSPS) is 10.9. The van der Waals surface area contributed by atoms with Crippen molar-refractivity contribution in [2.75, 3.05) is 0 Å². The fourth-order valence-corrected chi connectivity index (χ4v) is 2.08. The molecule has 2 aromatic carbocycles. The maximum atomic E-state index is 5.83. The van der Waals surface area contributed by atoms with Crippen LogP contribution in [0.4, 0.5) is 0 Å². The van der Waals surface area contributed by atoms with E-state index in [9.17, 15) is 0 Å². The molecule has 1 heterocycles. The number of rotatable bonds is 1. The van der Waals surface area contributed by atoms with E-state index in [0.717, 1.165) is 22.2 Å². The van der Waals surface area contributed by atoms with Crippen LogP contribution in [0.15, 0.2) is 46.9 Å². The third-order valence-corrected chi connectivity index (χ3v) is 2.84. The lowest BCUT2D eigenvalue weighted by Gasteiger charge is -1.95. The largest absolute Gasteiger partial charge is 0.436 e. The summed E-state index contributed by atoms with van der Waals surface area (Å²) in [6.07, 6.45) is 0. The van der Waals surface area contributed by atoms with E-state index in [1.165, 1.54) is 5.56 Å². The zero-order chi connectivity index (χ0) is 11.8. The number of aromatic nitrogens is 1. The van der Waals surface area contributed by atoms with Crippen LogP contribution in [0.5, 0.6) is 0 Å². The molecule has 1 aromatic heterocycles. The van der Waals surface area contributed by atoms with Crippen molar-refractivity contribution in [3.05, 3.63) is 53.6 Å². The number of nitrogens with zero attached hydrogens (tertiary/aromatic N) is 1. The van der Waals surface area contributed by atoms with Gasteiger partial charge in [-0.25, -0.2) is 4.98 Å². The van der Waals surface area contributed by atoms with Gasteiger partial charge >= 0.3 is 0 Å². The van der Waals surface area contributed by atoms with E-state index in [0.29, 0.717) is 5.89 Å². The smallest absolute Gasteiger partial charge is 0.227 e. The summed E-state index contributed by atoms with van der Waals surface area (Å²) in [4.78, 5) is 4.54. The molecule has 0 saturated heterocycles. The highest BCUT2D eigenvalue weighted by atomic mass is 16.3. The summed E-state index contributed by atoms with van der Waals surface area (Å²) in [5, 5.41) is 0. The van der Waals surface area contributed by atoms with Crippen LogP contribution in [-0.2, 0) is 0 Å². The van der Waals surface area contributed by atoms with Crippen LogP contribution in [-0.4, -0.2) is 4.98 Å². The van der Waals surface area contributed by atoms with Crippen LogP contribution in [0.25, 0.3) is 22.6 Å². The Bertz CT molecular complexity index is 668. The van der Waals surface area contributed by atoms with Crippen molar-refractivity contribution < 1.29 is 4.42 Å². The molecule has 0 spiro atoms. The fourth-order valence-electron chi connectivity index (χ4n) is 2.08. The molecule has 0 aliphatic rings. The zero-order valence-electron chi connectivity index (χ0n) is 9.90. The quantitative estimate of drug-likeness (QED) is 0.620. The lowest BCUT2D eigenvalue weighted by atomic mass is 10.1. The Hall–Kier alpha value is -2.09. The zero-order valence-corrected chi connectivity index (χ0v) is 9.90. The second kappa shape index (κ2) is 3.74. The molecule has 84 valence electrons. The molecule has 0 fully saturated rings. The molecule has 2 nitrogen and oxygen atoms in total. The van der Waals surface area contributed by atoms with Gasteiger partial charge in [0.25, 0.3) is 0 Å². The number of oxazole rings is 1. The second-order valence-electron chi connectivity index (χ2n) is 4.32. The monoisotopic (exact) mass is 223 g/mol. The SMILES string of the molecule is Cc1cc(C)c2oc(-c3ccccc3)nc2c1. The minimum atomic E-state index is 0.689. The van der Waals surface area contributed by atoms with Gasteiger partial charge in [-0.05, 0) is 43.2 Å². The molecule has 0 N–H and O–H groups in total. The third-order valence-electron chi connectivity index (χ3n) is 2.84. The van der Waals surface area contributed by atoms with Gasteiger partial charge in [-0.3, -0.25) is 0 Å². The standard InChI is InChI=1S/C15H13NO/c1-10-8-11(2)14-13(9-10)16-15(17-14)12-6-4-3-5-7-12/h3-9H,1-2H3. The van der Waals surface area contributed by atoms with Gasteiger partial charge in [0, 0.05) is 5.56 Å². The Morgan fingerprint density at radius 3 is 2.53 bits per heavy atom. The van der Waals surface area contributed by atoms with Gasteiger partial charge in [0.1, 0.15) is 5.52 Å². The van der Waals surface area contributed by atoms with Gasteiger partial charge in [0.05, 0.1) is 0 Å². The van der Waals surface area contributed by atoms with Gasteiger partial charge in [-0.1, -0.05) is 24.3 Å². The minimum absolute atomic E-state index is 0.689. The Kier molecular flexibility index (Phi) is 2.22. The van der Waals surface area contributed by atoms with Crippen LogP contribution >= 0.6 is 0 Å². The van der Waals surface area contributed by atoms with E-state index >= 15 is 0 Å². The highest BCUT2D eigenvalue weighted by Crippen LogP contribution is 2.26. The van der Waals surface area contributed by atoms with Crippen LogP contribution in [0.2, 0.25) is 0 Å². The third kappa shape index (κ3) is 1.72. The molecule has 0 unspecified atom stereocenters. The average molecular weight is 223 g/mol. The maximum absolute atomic E-state index is 5.83. The first-order chi connectivity index (χ1) is 8.24. The summed E-state index contributed by atoms with van der Waals surface area (Å²) in [5.41, 5.74) is 5.18. The van der Waals surface area contributed by atoms with Crippen molar-refractivity contribution in [2.24, 2.45) is 0 Å². The van der Waals surface area contributed by atoms with Crippen LogP contribution in [0.3, 0.4) is 0 Å². The summed E-state index contributed by atoms with van der Waals surface area (Å²) in [6.45, 7) is 4.12. The Morgan fingerprint density at radius 1 is 1.00 bits per heavy atom. The number of aryl methyl sites for hydroxylation is 2. The molecule has 2 heteroatoms. The average Bonchev–Trinajstić information content (AvgIpc) is 2.74. The van der Waals surface area contributed by atoms with E-state index in [1.54, 1.807) is 0 Å². The van der Waals surface area contributed by atoms with E-state index in [1.807, 2.05) is 30.3 Å². The molecule has 0 amide bonds. The predicted octanol–water partition coefficient (Wildman–Crippen LogP) is 4.11. The van der Waals surface area contributed by atoms with Gasteiger partial charge < -0.3 is 4.42 Å². The molecule has 0 aliphatic carbocycles. The Labute approximate surface area is 99.9 Å². The van der Waals surface area contributed by atoms with E-state index in [-0.39, 0.29) is 0 Å². The Balaban J connectivity index is 2.24. The summed E-state index contributed by atoms with van der Waals surface area (Å²) in [5.74, 6) is 0.689. The molecule has 0 bridgehead atoms. The van der Waals surface area contributed by atoms with Crippen molar-refractivity contribution in [2.45, 2.75) is 13.8 Å². The molecule has 17 heavy (non-hydrogen) atoms. The number of hydrogen-bond donors (Lipinski definition) is 0. The molecule has 0 saturated carbocycles. The van der Waals surface area contributed by atoms with Gasteiger partial charge in [0.2, 0.25) is 5.89 Å². The summed E-state index contributed by atoms with van der Waals surface area (Å²) in [7, 11) is 0. The number of hydrogen-bond acceptors (Lipinski definition) is 2. The lowest BCUT2D eigenvalue weighted by molar-refractivity contribution is 0.617. The summed E-state index contributed by atoms with van der Waals surface area (Å²) in [6, 6.07) is 14.1. The van der Waals surface area contributed by atoms with Crippen LogP contribution in [0, 0.1) is 13.8 Å². The Morgan fingerprint density at radius 2 is 1.76 bits per heavy atom. The van der Waals surface area contributed by atoms with E-state index in [2.05, 4.69) is 31.0 Å². The fraction of sp³-hybridized carbons (Fsp3) is 0.133. The first-order valence-corrected chi connectivity index (χ1v) is 5.67. The van der Waals surface area contributed by atoms with Crippen molar-refractivity contribution in [1.82, 2.24) is 4.98 Å². The minimum Gasteiger partial charge on any atom is -0.436 e. The highest BCUT2D eigenvalue weighted by molar-refractivity contribution is 5.80. The van der Waals surface area contributed by atoms with Crippen LogP contribution < -0.4 is 0 Å². The van der Waals surface area contributed by atoms with Crippen molar-refractivity contribution >= 4 is 11.1 Å². The van der Waals surface area contributed by atoms with E-state index < -0.39 is 0 Å². The van der Waals surface area contributed by atoms with Crippen molar-refractivity contribution in [1.29, 1.82) is 0 Å². The second-order valence-corrected chi connectivity index (χ2v) is 4.32. The molecule has 3 aromatic rings. The van der Waals surface area contributed by atoms with Crippen molar-refractivity contribution in [3.8, 4) is 11.5 Å². The molecule has 3 rings (SSSR count). The first-order valence-electron chi connectivity index (χ1n) is 5.67. The number of benzene rings is 2. The number of fused-ring (bicyclic) bond motifs is 1.